The molecule has 0 aliphatic carbocycles. The van der Waals surface area contributed by atoms with Crippen molar-refractivity contribution in [3.63, 3.8) is 0 Å². The smallest absolute Gasteiger partial charge is 0.282 e. The Hall–Kier alpha value is -3.00. The van der Waals surface area contributed by atoms with Crippen LogP contribution in [0.25, 0.3) is 10.9 Å². The third kappa shape index (κ3) is 5.70. The molecule has 7 nitrogen and oxygen atoms in total. The highest BCUT2D eigenvalue weighted by Crippen LogP contribution is 2.42. The molecule has 0 saturated carbocycles. The lowest BCUT2D eigenvalue weighted by atomic mass is 9.95. The topological polar surface area (TPSA) is 89.5 Å². The molecule has 0 amide bonds. The number of aromatic nitrogens is 2. The Morgan fingerprint density at radius 1 is 1.11 bits per heavy atom. The minimum atomic E-state index is -0.440. The van der Waals surface area contributed by atoms with Crippen molar-refractivity contribution in [3.05, 3.63) is 94.8 Å². The van der Waals surface area contributed by atoms with Crippen LogP contribution in [0.1, 0.15) is 43.3 Å². The van der Waals surface area contributed by atoms with Gasteiger partial charge in [0.1, 0.15) is 12.4 Å². The molecule has 194 valence electrons. The molecular weight excluding hydrogens is 680 g/mol. The molecule has 10 heteroatoms. The number of benzene rings is 3. The molecular formula is C28H23Br3N4O3. The lowest BCUT2D eigenvalue weighted by molar-refractivity contribution is 0.282. The molecule has 3 aromatic carbocycles. The van der Waals surface area contributed by atoms with Gasteiger partial charge in [-0.1, -0.05) is 54.9 Å². The van der Waals surface area contributed by atoms with Crippen molar-refractivity contribution >= 4 is 64.9 Å². The number of fused-ring (bicyclic) bond motifs is 1. The lowest BCUT2D eigenvalue weighted by Crippen LogP contribution is -2.29. The Balaban J connectivity index is 1.77. The van der Waals surface area contributed by atoms with Crippen molar-refractivity contribution in [1.82, 2.24) is 9.66 Å². The quantitative estimate of drug-likeness (QED) is 0.197. The lowest BCUT2D eigenvalue weighted by Gasteiger charge is -2.21. The molecule has 0 N–H and O–H groups in total. The number of hydrogen-bond acceptors (Lipinski definition) is 6. The fourth-order valence-corrected chi connectivity index (χ4v) is 5.05. The molecule has 4 aromatic rings. The van der Waals surface area contributed by atoms with Gasteiger partial charge in [-0.25, -0.2) is 4.98 Å². The van der Waals surface area contributed by atoms with Crippen molar-refractivity contribution < 1.29 is 9.47 Å². The van der Waals surface area contributed by atoms with Gasteiger partial charge >= 0.3 is 0 Å². The first-order valence-electron chi connectivity index (χ1n) is 11.5. The van der Waals surface area contributed by atoms with E-state index in [0.717, 1.165) is 10.0 Å². The highest BCUT2D eigenvalue weighted by molar-refractivity contribution is 9.13. The summed E-state index contributed by atoms with van der Waals surface area (Å²) in [4.78, 5) is 18.2. The van der Waals surface area contributed by atoms with E-state index in [9.17, 15) is 10.1 Å². The summed E-state index contributed by atoms with van der Waals surface area (Å²) in [5.74, 6) is 1.46. The van der Waals surface area contributed by atoms with Crippen molar-refractivity contribution in [3.8, 4) is 17.6 Å². The molecule has 0 aliphatic heterocycles. The molecule has 0 spiro atoms. The van der Waals surface area contributed by atoms with E-state index < -0.39 is 5.41 Å². The molecule has 0 aliphatic rings. The molecule has 1 aromatic heterocycles. The summed E-state index contributed by atoms with van der Waals surface area (Å²) in [6.07, 6.45) is 1.58. The van der Waals surface area contributed by atoms with Gasteiger partial charge in [0.25, 0.3) is 5.56 Å². The number of halogens is 3. The van der Waals surface area contributed by atoms with Crippen LogP contribution < -0.4 is 15.0 Å². The van der Waals surface area contributed by atoms with E-state index >= 15 is 0 Å². The zero-order valence-corrected chi connectivity index (χ0v) is 25.8. The maximum atomic E-state index is 13.5. The number of hydrogen-bond donors (Lipinski definition) is 0. The first-order valence-corrected chi connectivity index (χ1v) is 13.9. The van der Waals surface area contributed by atoms with E-state index in [1.54, 1.807) is 31.5 Å². The van der Waals surface area contributed by atoms with Crippen molar-refractivity contribution in [1.29, 1.82) is 5.26 Å². The van der Waals surface area contributed by atoms with Gasteiger partial charge in [0, 0.05) is 25.5 Å². The van der Waals surface area contributed by atoms with Gasteiger partial charge in [-0.05, 0) is 62.2 Å². The van der Waals surface area contributed by atoms with E-state index in [0.29, 0.717) is 48.3 Å². The highest BCUT2D eigenvalue weighted by Gasteiger charge is 2.23. The SMILES string of the molecule is COc1cc(C=Nn2c(C(C)(C)C)nc3ccc(Br)cc3c2=O)c(Br)c(Br)c1OCc1ccccc1C#N. The summed E-state index contributed by atoms with van der Waals surface area (Å²) in [5.41, 5.74) is 1.86. The minimum Gasteiger partial charge on any atom is -0.493 e. The van der Waals surface area contributed by atoms with Crippen LogP contribution in [0.3, 0.4) is 0 Å². The molecule has 0 atom stereocenters. The van der Waals surface area contributed by atoms with Gasteiger partial charge in [0.15, 0.2) is 11.5 Å². The third-order valence-corrected chi connectivity index (χ3v) is 8.31. The van der Waals surface area contributed by atoms with Crippen LogP contribution in [0, 0.1) is 11.3 Å². The second-order valence-electron chi connectivity index (χ2n) is 9.39. The van der Waals surface area contributed by atoms with Crippen LogP contribution in [-0.4, -0.2) is 23.0 Å². The van der Waals surface area contributed by atoms with Crippen LogP contribution in [0.15, 0.2) is 71.8 Å². The van der Waals surface area contributed by atoms with E-state index in [-0.39, 0.29) is 12.2 Å². The summed E-state index contributed by atoms with van der Waals surface area (Å²) < 4.78 is 15.1. The Morgan fingerprint density at radius 3 is 2.53 bits per heavy atom. The van der Waals surface area contributed by atoms with E-state index in [4.69, 9.17) is 14.5 Å². The Bertz CT molecular complexity index is 1670. The largest absolute Gasteiger partial charge is 0.493 e. The fraction of sp³-hybridized carbons (Fsp3) is 0.214. The predicted molar refractivity (Wildman–Crippen MR) is 159 cm³/mol. The Labute approximate surface area is 245 Å². The number of nitriles is 1. The van der Waals surface area contributed by atoms with Crippen molar-refractivity contribution in [2.75, 3.05) is 7.11 Å². The Morgan fingerprint density at radius 2 is 1.84 bits per heavy atom. The summed E-state index contributed by atoms with van der Waals surface area (Å²) in [6, 6.07) is 16.6. The molecule has 4 rings (SSSR count). The maximum Gasteiger partial charge on any atom is 0.282 e. The van der Waals surface area contributed by atoms with E-state index in [1.165, 1.54) is 4.68 Å². The van der Waals surface area contributed by atoms with E-state index in [2.05, 4.69) is 59.0 Å². The molecule has 0 fully saturated rings. The highest BCUT2D eigenvalue weighted by atomic mass is 79.9. The summed E-state index contributed by atoms with van der Waals surface area (Å²) in [5, 5.41) is 14.4. The summed E-state index contributed by atoms with van der Waals surface area (Å²) in [6.45, 7) is 6.13. The third-order valence-electron chi connectivity index (χ3n) is 5.68. The predicted octanol–water partition coefficient (Wildman–Crippen LogP) is 7.32. The summed E-state index contributed by atoms with van der Waals surface area (Å²) >= 11 is 10.6. The second-order valence-corrected chi connectivity index (χ2v) is 11.9. The average molecular weight is 703 g/mol. The monoisotopic (exact) mass is 700 g/mol. The zero-order valence-electron chi connectivity index (χ0n) is 21.1. The molecule has 0 unspecified atom stereocenters. The number of methoxy groups -OCH3 is 1. The van der Waals surface area contributed by atoms with Gasteiger partial charge < -0.3 is 9.47 Å². The standard InChI is InChI=1S/C28H23Br3N4O3/c1-28(2,3)27-34-21-10-9-19(29)12-20(21)26(36)35(27)33-14-18-11-22(37-4)25(24(31)23(18)30)38-15-17-8-6-5-7-16(17)13-32/h5-12,14H,15H2,1-4H3. The summed E-state index contributed by atoms with van der Waals surface area (Å²) in [7, 11) is 1.54. The van der Waals surface area contributed by atoms with Crippen LogP contribution >= 0.6 is 47.8 Å². The van der Waals surface area contributed by atoms with E-state index in [1.807, 2.05) is 51.1 Å². The molecule has 38 heavy (non-hydrogen) atoms. The minimum absolute atomic E-state index is 0.182. The van der Waals surface area contributed by atoms with Crippen LogP contribution in [-0.2, 0) is 12.0 Å². The van der Waals surface area contributed by atoms with Gasteiger partial charge in [-0.3, -0.25) is 4.79 Å². The van der Waals surface area contributed by atoms with Gasteiger partial charge in [0.05, 0.1) is 40.3 Å². The molecule has 1 heterocycles. The van der Waals surface area contributed by atoms with Crippen LogP contribution in [0.4, 0.5) is 0 Å². The normalized spacial score (nSPS) is 11.6. The number of ether oxygens (including phenoxy) is 2. The van der Waals surface area contributed by atoms with Crippen molar-refractivity contribution in [2.45, 2.75) is 32.8 Å². The Kier molecular flexibility index (Phi) is 8.40. The van der Waals surface area contributed by atoms with Crippen LogP contribution in [0.5, 0.6) is 11.5 Å². The average Bonchev–Trinajstić information content (AvgIpc) is 2.89. The molecule has 0 radical (unpaired) electrons. The molecule has 0 saturated heterocycles. The fourth-order valence-electron chi connectivity index (χ4n) is 3.75. The molecule has 0 bridgehead atoms. The maximum absolute atomic E-state index is 13.5. The number of nitrogens with zero attached hydrogens (tertiary/aromatic N) is 4. The van der Waals surface area contributed by atoms with Crippen molar-refractivity contribution in [2.24, 2.45) is 5.10 Å². The van der Waals surface area contributed by atoms with Gasteiger partial charge in [0.2, 0.25) is 0 Å². The van der Waals surface area contributed by atoms with Gasteiger partial charge in [-0.2, -0.15) is 15.0 Å². The zero-order chi connectivity index (χ0) is 27.6. The first-order chi connectivity index (χ1) is 18.0. The number of rotatable bonds is 6. The van der Waals surface area contributed by atoms with Crippen LogP contribution in [0.2, 0.25) is 0 Å². The second kappa shape index (κ2) is 11.4. The first kappa shape index (κ1) is 28.0. The van der Waals surface area contributed by atoms with Gasteiger partial charge in [-0.15, -0.1) is 0 Å².